The van der Waals surface area contributed by atoms with E-state index in [4.69, 9.17) is 14.2 Å². The molecule has 8 nitrogen and oxygen atoms in total. The summed E-state index contributed by atoms with van der Waals surface area (Å²) in [6.45, 7) is 4.33. The molecule has 6 aliphatic rings. The predicted octanol–water partition coefficient (Wildman–Crippen LogP) is -0.527. The molecule has 1 unspecified atom stereocenters. The lowest BCUT2D eigenvalue weighted by Crippen LogP contribution is -2.78. The zero-order chi connectivity index (χ0) is 22.8. The van der Waals surface area contributed by atoms with Crippen LogP contribution in [0.1, 0.15) is 26.2 Å². The second-order valence-electron chi connectivity index (χ2n) is 11.6. The summed E-state index contributed by atoms with van der Waals surface area (Å²) in [4.78, 5) is 2.42. The minimum absolute atomic E-state index is 0.000250. The van der Waals surface area contributed by atoms with Gasteiger partial charge in [-0.05, 0) is 31.7 Å². The molecule has 0 radical (unpaired) electrons. The van der Waals surface area contributed by atoms with E-state index < -0.39 is 47.3 Å². The third-order valence-electron chi connectivity index (χ3n) is 11.2. The zero-order valence-corrected chi connectivity index (χ0v) is 19.6. The maximum atomic E-state index is 12.5. The molecule has 14 atom stereocenters. The lowest BCUT2D eigenvalue weighted by molar-refractivity contribution is -0.297. The van der Waals surface area contributed by atoms with E-state index in [1.165, 1.54) is 0 Å². The average Bonchev–Trinajstić information content (AvgIpc) is 3.19. The molecule has 4 N–H and O–H groups in total. The molecule has 0 aromatic rings. The first-order chi connectivity index (χ1) is 15.3. The van der Waals surface area contributed by atoms with Gasteiger partial charge in [0.1, 0.15) is 11.7 Å². The van der Waals surface area contributed by atoms with Gasteiger partial charge in [0.15, 0.2) is 0 Å². The van der Waals surface area contributed by atoms with E-state index in [0.717, 1.165) is 19.5 Å². The molecule has 6 rings (SSSR count). The van der Waals surface area contributed by atoms with Crippen molar-refractivity contribution in [1.82, 2.24) is 4.90 Å². The van der Waals surface area contributed by atoms with E-state index in [9.17, 15) is 20.4 Å². The average molecular weight is 454 g/mol. The number of ether oxygens (including phenoxy) is 3. The number of aliphatic hydroxyl groups is 4. The van der Waals surface area contributed by atoms with Crippen molar-refractivity contribution in [2.45, 2.75) is 68.3 Å². The number of fused-ring (bicyclic) bond motifs is 2. The fourth-order valence-electron chi connectivity index (χ4n) is 10.7. The van der Waals surface area contributed by atoms with Crippen LogP contribution in [0.15, 0.2) is 0 Å². The van der Waals surface area contributed by atoms with Crippen LogP contribution in [-0.4, -0.2) is 109 Å². The van der Waals surface area contributed by atoms with Crippen molar-refractivity contribution >= 4 is 0 Å². The smallest absolute Gasteiger partial charge is 0.110 e. The van der Waals surface area contributed by atoms with Crippen LogP contribution in [0.3, 0.4) is 0 Å². The third-order valence-corrected chi connectivity index (χ3v) is 11.2. The van der Waals surface area contributed by atoms with E-state index in [1.54, 1.807) is 21.3 Å². The van der Waals surface area contributed by atoms with Gasteiger partial charge in [-0.1, -0.05) is 6.92 Å². The number of nitrogens with zero attached hydrogens (tertiary/aromatic N) is 1. The molecule has 8 heteroatoms. The second-order valence-corrected chi connectivity index (χ2v) is 11.6. The standard InChI is InChI=1S/C24H39NO7/c1-5-25-9-22(10-30-2)7-6-13(26)23-12-8-11-16(27)14(12)24(29,21(28)17(11)31-3)15(20(23)25)18(32-4)19(22)23/h11-21,26-29H,5-10H2,1-4H3/t11-,12-,13+,14-,15+,16+,17-,18+,19-,20?,21+,22+,23+,24-/m1/s1. The van der Waals surface area contributed by atoms with Crippen molar-refractivity contribution in [1.29, 1.82) is 0 Å². The molecule has 0 amide bonds. The molecule has 182 valence electrons. The van der Waals surface area contributed by atoms with Gasteiger partial charge in [0.05, 0.1) is 31.0 Å². The minimum atomic E-state index is -1.54. The number of methoxy groups -OCH3 is 3. The van der Waals surface area contributed by atoms with Gasteiger partial charge in [-0.3, -0.25) is 4.90 Å². The van der Waals surface area contributed by atoms with Gasteiger partial charge in [0.25, 0.3) is 0 Å². The predicted molar refractivity (Wildman–Crippen MR) is 114 cm³/mol. The Labute approximate surface area is 189 Å². The van der Waals surface area contributed by atoms with Crippen molar-refractivity contribution in [2.24, 2.45) is 40.4 Å². The Morgan fingerprint density at radius 3 is 2.38 bits per heavy atom. The molecule has 1 aliphatic heterocycles. The Balaban J connectivity index is 1.64. The van der Waals surface area contributed by atoms with Gasteiger partial charge in [-0.25, -0.2) is 0 Å². The molecule has 1 spiro atoms. The van der Waals surface area contributed by atoms with Crippen molar-refractivity contribution in [3.8, 4) is 0 Å². The maximum absolute atomic E-state index is 12.5. The topological polar surface area (TPSA) is 112 Å². The largest absolute Gasteiger partial charge is 0.392 e. The van der Waals surface area contributed by atoms with Crippen LogP contribution in [0.2, 0.25) is 0 Å². The summed E-state index contributed by atoms with van der Waals surface area (Å²) in [6, 6.07) is -0.120. The first kappa shape index (κ1) is 22.2. The maximum Gasteiger partial charge on any atom is 0.110 e. The van der Waals surface area contributed by atoms with Crippen LogP contribution in [0.25, 0.3) is 0 Å². The minimum Gasteiger partial charge on any atom is -0.392 e. The van der Waals surface area contributed by atoms with E-state index in [2.05, 4.69) is 11.8 Å². The van der Waals surface area contributed by atoms with Gasteiger partial charge in [-0.2, -0.15) is 0 Å². The van der Waals surface area contributed by atoms with Crippen molar-refractivity contribution in [3.05, 3.63) is 0 Å². The number of piperidine rings is 1. The van der Waals surface area contributed by atoms with Crippen LogP contribution in [-0.2, 0) is 14.2 Å². The molecular formula is C24H39NO7. The van der Waals surface area contributed by atoms with Crippen LogP contribution in [0, 0.1) is 40.4 Å². The summed E-state index contributed by atoms with van der Waals surface area (Å²) in [5.41, 5.74) is -2.24. The molecule has 5 saturated carbocycles. The normalized spacial score (nSPS) is 62.4. The Morgan fingerprint density at radius 2 is 1.75 bits per heavy atom. The van der Waals surface area contributed by atoms with E-state index in [-0.39, 0.29) is 35.3 Å². The summed E-state index contributed by atoms with van der Waals surface area (Å²) >= 11 is 0. The lowest BCUT2D eigenvalue weighted by Gasteiger charge is -2.69. The first-order valence-corrected chi connectivity index (χ1v) is 12.3. The number of hydrogen-bond donors (Lipinski definition) is 4. The summed E-state index contributed by atoms with van der Waals surface area (Å²) in [7, 11) is 4.98. The Bertz CT molecular complexity index is 783. The summed E-state index contributed by atoms with van der Waals surface area (Å²) in [6.07, 6.45) is -1.22. The van der Waals surface area contributed by atoms with Gasteiger partial charge < -0.3 is 34.6 Å². The Morgan fingerprint density at radius 1 is 1.03 bits per heavy atom. The molecule has 6 fully saturated rings. The summed E-state index contributed by atoms with van der Waals surface area (Å²) in [5.74, 6) is -1.29. The fraction of sp³-hybridized carbons (Fsp3) is 1.00. The third kappa shape index (κ3) is 2.07. The highest BCUT2D eigenvalue weighted by Crippen LogP contribution is 2.79. The van der Waals surface area contributed by atoms with Gasteiger partial charge in [0.2, 0.25) is 0 Å². The Hall–Kier alpha value is -0.320. The molecule has 0 aromatic carbocycles. The second kappa shape index (κ2) is 6.88. The highest BCUT2D eigenvalue weighted by molar-refractivity contribution is 5.36. The molecular weight excluding hydrogens is 414 g/mol. The quantitative estimate of drug-likeness (QED) is 0.440. The monoisotopic (exact) mass is 453 g/mol. The summed E-state index contributed by atoms with van der Waals surface area (Å²) in [5, 5.41) is 47.3. The van der Waals surface area contributed by atoms with Crippen LogP contribution in [0.5, 0.6) is 0 Å². The molecule has 7 bridgehead atoms. The molecule has 5 aliphatic carbocycles. The molecule has 1 saturated heterocycles. The van der Waals surface area contributed by atoms with Crippen LogP contribution in [0.4, 0.5) is 0 Å². The van der Waals surface area contributed by atoms with Crippen molar-refractivity contribution in [3.63, 3.8) is 0 Å². The van der Waals surface area contributed by atoms with E-state index >= 15 is 0 Å². The Kier molecular flexibility index (Phi) is 4.76. The molecule has 0 aromatic heterocycles. The zero-order valence-electron chi connectivity index (χ0n) is 19.6. The van der Waals surface area contributed by atoms with Crippen LogP contribution >= 0.6 is 0 Å². The van der Waals surface area contributed by atoms with Crippen LogP contribution < -0.4 is 0 Å². The first-order valence-electron chi connectivity index (χ1n) is 12.3. The summed E-state index contributed by atoms with van der Waals surface area (Å²) < 4.78 is 17.7. The molecule has 1 heterocycles. The van der Waals surface area contributed by atoms with Gasteiger partial charge in [-0.15, -0.1) is 0 Å². The fourth-order valence-corrected chi connectivity index (χ4v) is 10.7. The van der Waals surface area contributed by atoms with Gasteiger partial charge in [0, 0.05) is 68.4 Å². The van der Waals surface area contributed by atoms with E-state index in [1.807, 2.05) is 0 Å². The SMILES string of the molecule is CCN1C[C@]2(COC)CC[C@H](O)[C@]34C1[C@H]([C@H](OC)[C@H]23)[C@]1(O)[C@H]2[C@@H](O)[C@@H](C[C@H]24)[C@@H](OC)[C@@H]1O. The number of aliphatic hydroxyl groups excluding tert-OH is 3. The number of likely N-dealkylation sites (tertiary alicyclic amines) is 1. The number of hydrogen-bond acceptors (Lipinski definition) is 8. The van der Waals surface area contributed by atoms with Crippen molar-refractivity contribution in [2.75, 3.05) is 41.0 Å². The lowest BCUT2D eigenvalue weighted by atomic mass is 9.43. The highest BCUT2D eigenvalue weighted by Gasteiger charge is 2.87. The van der Waals surface area contributed by atoms with Gasteiger partial charge >= 0.3 is 0 Å². The van der Waals surface area contributed by atoms with E-state index in [0.29, 0.717) is 19.4 Å². The van der Waals surface area contributed by atoms with Crippen molar-refractivity contribution < 1.29 is 34.6 Å². The highest BCUT2D eigenvalue weighted by atomic mass is 16.5. The number of rotatable bonds is 5. The molecule has 32 heavy (non-hydrogen) atoms.